The third-order valence-electron chi connectivity index (χ3n) is 7.53. The van der Waals surface area contributed by atoms with Crippen molar-refractivity contribution in [1.29, 1.82) is 0 Å². The van der Waals surface area contributed by atoms with Crippen molar-refractivity contribution < 1.29 is 34.1 Å². The molecular weight excluding hydrogens is 613 g/mol. The molecule has 0 bridgehead atoms. The van der Waals surface area contributed by atoms with Crippen LogP contribution in [0.4, 0.5) is 11.6 Å². The van der Waals surface area contributed by atoms with E-state index in [1.54, 1.807) is 0 Å². The second-order valence-electron chi connectivity index (χ2n) is 10.1. The van der Waals surface area contributed by atoms with Crippen molar-refractivity contribution in [2.45, 2.75) is 61.4 Å². The fourth-order valence-electron chi connectivity index (χ4n) is 5.31. The molecule has 42 heavy (non-hydrogen) atoms. The molecule has 6 heterocycles. The van der Waals surface area contributed by atoms with Gasteiger partial charge in [-0.3, -0.25) is 9.13 Å². The van der Waals surface area contributed by atoms with Crippen LogP contribution < -0.4 is 11.5 Å². The summed E-state index contributed by atoms with van der Waals surface area (Å²) in [6, 6.07) is 0. The summed E-state index contributed by atoms with van der Waals surface area (Å²) in [6.07, 6.45) is -0.451. The van der Waals surface area contributed by atoms with Crippen molar-refractivity contribution in [2.75, 3.05) is 24.0 Å². The summed E-state index contributed by atoms with van der Waals surface area (Å²) >= 11 is 0.948. The molecule has 0 aliphatic carbocycles. The van der Waals surface area contributed by atoms with Gasteiger partial charge in [-0.15, -0.1) is 0 Å². The lowest BCUT2D eigenvalue weighted by molar-refractivity contribution is -0.0301. The van der Waals surface area contributed by atoms with E-state index in [9.17, 15) is 24.6 Å². The van der Waals surface area contributed by atoms with Gasteiger partial charge in [0.25, 0.3) is 0 Å². The molecule has 8 N–H and O–H groups in total. The van der Waals surface area contributed by atoms with Gasteiger partial charge in [-0.05, 0) is 12.5 Å². The lowest BCUT2D eigenvalue weighted by atomic mass is 10.1. The molecule has 4 aliphatic heterocycles. The van der Waals surface area contributed by atoms with Crippen molar-refractivity contribution in [1.82, 2.24) is 27.7 Å². The van der Waals surface area contributed by atoms with Gasteiger partial charge in [0, 0.05) is 11.5 Å². The molecule has 0 saturated carbocycles. The maximum atomic E-state index is 13.7. The van der Waals surface area contributed by atoms with Crippen molar-refractivity contribution in [2.24, 2.45) is 21.5 Å². The van der Waals surface area contributed by atoms with E-state index < -0.39 is 72.6 Å². The number of aromatic nitrogens is 4. The molecule has 0 radical (unpaired) electrons. The van der Waals surface area contributed by atoms with Gasteiger partial charge in [0.05, 0.1) is 24.9 Å². The van der Waals surface area contributed by atoms with E-state index in [0.29, 0.717) is 23.1 Å². The molecule has 0 amide bonds. The van der Waals surface area contributed by atoms with Crippen molar-refractivity contribution in [3.63, 3.8) is 0 Å². The Morgan fingerprint density at radius 1 is 0.786 bits per heavy atom. The Morgan fingerprint density at radius 3 is 1.57 bits per heavy atom. The highest BCUT2D eigenvalue weighted by molar-refractivity contribution is 7.98. The maximum absolute atomic E-state index is 13.7. The zero-order valence-corrected chi connectivity index (χ0v) is 24.9. The van der Waals surface area contributed by atoms with E-state index in [4.69, 9.17) is 20.9 Å². The predicted octanol–water partition coefficient (Wildman–Crippen LogP) is -1.81. The van der Waals surface area contributed by atoms with Crippen LogP contribution in [-0.2, 0) is 20.6 Å². The summed E-state index contributed by atoms with van der Waals surface area (Å²) in [5, 5.41) is 42.0. The SMILES string of the molecule is CSC[C@H]1O[C@@H](n2cnc3c2N=CN(S(=O)N2C=Nc4c(ncn4[C@@H]4O[C@H](CSC)C(O)C4O)C2N)C3N)C(O)C1O. The summed E-state index contributed by atoms with van der Waals surface area (Å²) in [6.45, 7) is 0. The summed E-state index contributed by atoms with van der Waals surface area (Å²) in [7, 11) is 0. The topological polar surface area (TPSA) is 235 Å². The van der Waals surface area contributed by atoms with Crippen LogP contribution in [0.15, 0.2) is 22.6 Å². The number of fused-ring (bicyclic) bond motifs is 2. The van der Waals surface area contributed by atoms with Gasteiger partial charge in [0.15, 0.2) is 24.1 Å². The van der Waals surface area contributed by atoms with Gasteiger partial charge >= 0.3 is 0 Å². The molecule has 6 rings (SSSR count). The van der Waals surface area contributed by atoms with Crippen molar-refractivity contribution in [3.05, 3.63) is 24.0 Å². The largest absolute Gasteiger partial charge is 0.387 e. The molecule has 4 aliphatic rings. The standard InChI is InChI=1S/C22H32N10O7S3/c1-40-3-9-13(33)15(35)21(38-9)29-5-25-11-17(23)31(7-27-19(11)29)42(37)32-8-28-20-12(18(32)24)26-6-30(20)22-16(36)14(34)10(39-22)4-41-2/h5-10,13-18,21-22,33-36H,3-4,23-24H2,1-2H3/t9-,10-,13?,14?,15?,16?,17?,18?,21-,22-,42?/m1/s1. The minimum absolute atomic E-state index is 0.280. The van der Waals surface area contributed by atoms with Crippen LogP contribution in [0.5, 0.6) is 0 Å². The van der Waals surface area contributed by atoms with E-state index in [1.165, 1.54) is 66.6 Å². The number of thioether (sulfide) groups is 2. The first-order chi connectivity index (χ1) is 20.2. The van der Waals surface area contributed by atoms with Crippen molar-refractivity contribution >= 4 is 59.0 Å². The van der Waals surface area contributed by atoms with Gasteiger partial charge in [0.2, 0.25) is 11.2 Å². The van der Waals surface area contributed by atoms with Crippen LogP contribution >= 0.6 is 23.5 Å². The number of aliphatic hydroxyl groups excluding tert-OH is 4. The number of imidazole rings is 2. The van der Waals surface area contributed by atoms with E-state index in [-0.39, 0.29) is 11.4 Å². The third-order valence-corrected chi connectivity index (χ3v) is 10.2. The normalized spacial score (nSPS) is 36.5. The quantitative estimate of drug-likeness (QED) is 0.186. The number of hydrogen-bond donors (Lipinski definition) is 6. The van der Waals surface area contributed by atoms with Crippen LogP contribution in [0.2, 0.25) is 0 Å². The van der Waals surface area contributed by atoms with E-state index >= 15 is 0 Å². The minimum Gasteiger partial charge on any atom is -0.387 e. The van der Waals surface area contributed by atoms with Crippen molar-refractivity contribution in [3.8, 4) is 0 Å². The summed E-state index contributed by atoms with van der Waals surface area (Å²) in [5.74, 6) is 1.58. The highest BCUT2D eigenvalue weighted by Crippen LogP contribution is 2.40. The van der Waals surface area contributed by atoms with Gasteiger partial charge in [-0.1, -0.05) is 0 Å². The lowest BCUT2D eigenvalue weighted by Crippen LogP contribution is -2.47. The average molecular weight is 645 g/mol. The molecular formula is C22H32N10O7S3. The number of nitrogens with two attached hydrogens (primary N) is 2. The smallest absolute Gasteiger partial charge is 0.230 e. The van der Waals surface area contributed by atoms with E-state index in [0.717, 1.165) is 0 Å². The van der Waals surface area contributed by atoms with Crippen LogP contribution in [0.25, 0.3) is 0 Å². The molecule has 0 spiro atoms. The maximum Gasteiger partial charge on any atom is 0.230 e. The first-order valence-electron chi connectivity index (χ1n) is 12.9. The number of aliphatic imine (C=N–C) groups is 2. The number of ether oxygens (including phenoxy) is 2. The molecule has 6 unspecified atom stereocenters. The molecule has 2 aromatic heterocycles. The fraction of sp³-hybridized carbons (Fsp3) is 0.636. The third kappa shape index (κ3) is 4.78. The van der Waals surface area contributed by atoms with Gasteiger partial charge in [-0.2, -0.15) is 23.5 Å². The highest BCUT2D eigenvalue weighted by atomic mass is 32.2. The van der Waals surface area contributed by atoms with Crippen LogP contribution in [0.3, 0.4) is 0 Å². The monoisotopic (exact) mass is 644 g/mol. The second-order valence-corrected chi connectivity index (χ2v) is 13.2. The van der Waals surface area contributed by atoms with Gasteiger partial charge in [0.1, 0.15) is 60.8 Å². The zero-order chi connectivity index (χ0) is 29.9. The number of hydrogen-bond acceptors (Lipinski definition) is 15. The second kappa shape index (κ2) is 11.8. The molecule has 17 nitrogen and oxygen atoms in total. The fourth-order valence-corrected chi connectivity index (χ4v) is 7.58. The van der Waals surface area contributed by atoms with Crippen LogP contribution in [0, 0.1) is 0 Å². The molecule has 230 valence electrons. The Morgan fingerprint density at radius 2 is 1.19 bits per heavy atom. The molecule has 0 aromatic carbocycles. The Bertz CT molecular complexity index is 1290. The summed E-state index contributed by atoms with van der Waals surface area (Å²) < 4.78 is 30.9. The zero-order valence-electron chi connectivity index (χ0n) is 22.5. The Labute approximate surface area is 251 Å². The van der Waals surface area contributed by atoms with Gasteiger partial charge < -0.3 is 41.4 Å². The van der Waals surface area contributed by atoms with E-state index in [1.807, 2.05) is 12.5 Å². The summed E-state index contributed by atoms with van der Waals surface area (Å²) in [4.78, 5) is 17.5. The lowest BCUT2D eigenvalue weighted by Gasteiger charge is -2.35. The highest BCUT2D eigenvalue weighted by Gasteiger charge is 2.47. The number of rotatable bonds is 8. The molecule has 20 heteroatoms. The molecule has 2 saturated heterocycles. The average Bonchev–Trinajstić information content (AvgIpc) is 3.73. The predicted molar refractivity (Wildman–Crippen MR) is 155 cm³/mol. The number of nitrogens with zero attached hydrogens (tertiary/aromatic N) is 8. The molecule has 10 atom stereocenters. The van der Waals surface area contributed by atoms with Crippen LogP contribution in [0.1, 0.15) is 36.2 Å². The molecule has 2 aromatic rings. The van der Waals surface area contributed by atoms with Gasteiger partial charge in [-0.25, -0.2) is 32.8 Å². The Kier molecular flexibility index (Phi) is 8.39. The number of aliphatic hydroxyl groups is 4. The van der Waals surface area contributed by atoms with Crippen LogP contribution in [-0.4, -0.2) is 126 Å². The first-order valence-corrected chi connectivity index (χ1v) is 16.8. The first kappa shape index (κ1) is 29.9. The Balaban J connectivity index is 1.19. The minimum atomic E-state index is -2.02. The molecule has 2 fully saturated rings. The Hall–Kier alpha value is -2.11. The van der Waals surface area contributed by atoms with E-state index in [2.05, 4.69) is 20.0 Å². The summed E-state index contributed by atoms with van der Waals surface area (Å²) in [5.41, 5.74) is 13.5.